The molecule has 0 bridgehead atoms. The highest BCUT2D eigenvalue weighted by atomic mass is 16.5. The third kappa shape index (κ3) is 5.25. The van der Waals surface area contributed by atoms with Crippen LogP contribution in [0.2, 0.25) is 0 Å². The molecule has 5 heteroatoms. The molecule has 0 radical (unpaired) electrons. The molecule has 18 heavy (non-hydrogen) atoms. The van der Waals surface area contributed by atoms with Gasteiger partial charge >= 0.3 is 0 Å². The minimum atomic E-state index is -0.133. The van der Waals surface area contributed by atoms with E-state index in [0.29, 0.717) is 26.1 Å². The molecule has 0 fully saturated rings. The number of ether oxygens (including phenoxy) is 1. The maximum absolute atomic E-state index is 12.0. The lowest BCUT2D eigenvalue weighted by molar-refractivity contribution is -0.132. The quantitative estimate of drug-likeness (QED) is 0.778. The van der Waals surface area contributed by atoms with Crippen molar-refractivity contribution >= 4 is 5.91 Å². The second-order valence-corrected chi connectivity index (χ2v) is 4.31. The zero-order valence-corrected chi connectivity index (χ0v) is 11.0. The number of amides is 1. The monoisotopic (exact) mass is 251 g/mol. The molecule has 1 rings (SSSR count). The molecule has 0 aliphatic heterocycles. The number of methoxy groups -OCH3 is 1. The molecular weight excluding hydrogens is 230 g/mol. The van der Waals surface area contributed by atoms with Crippen molar-refractivity contribution in [1.29, 1.82) is 0 Å². The lowest BCUT2D eigenvalue weighted by Crippen LogP contribution is -2.36. The molecule has 5 nitrogen and oxygen atoms in total. The molecule has 0 aromatic carbocycles. The van der Waals surface area contributed by atoms with Gasteiger partial charge in [-0.25, -0.2) is 0 Å². The van der Waals surface area contributed by atoms with Crippen LogP contribution in [0.15, 0.2) is 24.4 Å². The van der Waals surface area contributed by atoms with Crippen molar-refractivity contribution in [1.82, 2.24) is 9.88 Å². The Bertz CT molecular complexity index is 355. The van der Waals surface area contributed by atoms with Gasteiger partial charge in [0.1, 0.15) is 0 Å². The van der Waals surface area contributed by atoms with E-state index in [1.54, 1.807) is 18.2 Å². The summed E-state index contributed by atoms with van der Waals surface area (Å²) < 4.78 is 5.02. The van der Waals surface area contributed by atoms with Gasteiger partial charge in [0, 0.05) is 32.3 Å². The van der Waals surface area contributed by atoms with E-state index in [4.69, 9.17) is 10.5 Å². The standard InChI is InChI=1S/C13H21N3O2/c1-11(14)9-13(17)16(7-8-18-2)10-12-5-3-4-6-15-12/h3-6,11H,7-10,14H2,1-2H3. The van der Waals surface area contributed by atoms with Crippen LogP contribution in [-0.2, 0) is 16.1 Å². The highest BCUT2D eigenvalue weighted by Crippen LogP contribution is 2.04. The fourth-order valence-corrected chi connectivity index (χ4v) is 1.59. The van der Waals surface area contributed by atoms with E-state index in [-0.39, 0.29) is 11.9 Å². The zero-order chi connectivity index (χ0) is 13.4. The molecule has 1 amide bonds. The molecule has 2 N–H and O–H groups in total. The average Bonchev–Trinajstić information content (AvgIpc) is 2.34. The van der Waals surface area contributed by atoms with Crippen LogP contribution in [0.3, 0.4) is 0 Å². The number of nitrogens with two attached hydrogens (primary N) is 1. The molecular formula is C13H21N3O2. The van der Waals surface area contributed by atoms with Crippen LogP contribution in [0.25, 0.3) is 0 Å². The molecule has 0 spiro atoms. The molecule has 100 valence electrons. The second-order valence-electron chi connectivity index (χ2n) is 4.31. The Hall–Kier alpha value is -1.46. The van der Waals surface area contributed by atoms with Gasteiger partial charge in [0.05, 0.1) is 18.8 Å². The number of carbonyl (C=O) groups is 1. The summed E-state index contributed by atoms with van der Waals surface area (Å²) in [6.45, 7) is 3.39. The summed E-state index contributed by atoms with van der Waals surface area (Å²) in [5, 5.41) is 0. The van der Waals surface area contributed by atoms with Gasteiger partial charge in [-0.3, -0.25) is 9.78 Å². The Morgan fingerprint density at radius 1 is 1.56 bits per heavy atom. The molecule has 1 atom stereocenters. The molecule has 0 saturated carbocycles. The fourth-order valence-electron chi connectivity index (χ4n) is 1.59. The minimum absolute atomic E-state index is 0.0349. The first-order valence-electron chi connectivity index (χ1n) is 6.05. The molecule has 1 unspecified atom stereocenters. The molecule has 0 saturated heterocycles. The number of hydrogen-bond acceptors (Lipinski definition) is 4. The first-order valence-corrected chi connectivity index (χ1v) is 6.05. The molecule has 1 aromatic rings. The lowest BCUT2D eigenvalue weighted by atomic mass is 10.2. The van der Waals surface area contributed by atoms with Gasteiger partial charge in [0.15, 0.2) is 0 Å². The SMILES string of the molecule is COCCN(Cc1ccccn1)C(=O)CC(C)N. The summed E-state index contributed by atoms with van der Waals surface area (Å²) in [7, 11) is 1.62. The van der Waals surface area contributed by atoms with Crippen molar-refractivity contribution in [2.24, 2.45) is 5.73 Å². The van der Waals surface area contributed by atoms with Gasteiger partial charge in [-0.15, -0.1) is 0 Å². The maximum atomic E-state index is 12.0. The summed E-state index contributed by atoms with van der Waals surface area (Å²) >= 11 is 0. The van der Waals surface area contributed by atoms with Crippen molar-refractivity contribution in [3.8, 4) is 0 Å². The van der Waals surface area contributed by atoms with Gasteiger partial charge in [0.25, 0.3) is 0 Å². The van der Waals surface area contributed by atoms with E-state index in [2.05, 4.69) is 4.98 Å². The third-order valence-electron chi connectivity index (χ3n) is 2.49. The Morgan fingerprint density at radius 2 is 2.33 bits per heavy atom. The van der Waals surface area contributed by atoms with E-state index in [9.17, 15) is 4.79 Å². The third-order valence-corrected chi connectivity index (χ3v) is 2.49. The summed E-state index contributed by atoms with van der Waals surface area (Å²) in [6.07, 6.45) is 2.07. The average molecular weight is 251 g/mol. The van der Waals surface area contributed by atoms with E-state index in [0.717, 1.165) is 5.69 Å². The number of carbonyl (C=O) groups excluding carboxylic acids is 1. The number of aromatic nitrogens is 1. The molecule has 0 aliphatic carbocycles. The second kappa shape index (κ2) is 7.79. The number of nitrogens with zero attached hydrogens (tertiary/aromatic N) is 2. The summed E-state index contributed by atoms with van der Waals surface area (Å²) in [4.78, 5) is 18.0. The molecule has 1 aromatic heterocycles. The van der Waals surface area contributed by atoms with Gasteiger partial charge in [0.2, 0.25) is 5.91 Å². The predicted molar refractivity (Wildman–Crippen MR) is 69.8 cm³/mol. The number of hydrogen-bond donors (Lipinski definition) is 1. The normalized spacial score (nSPS) is 12.2. The van der Waals surface area contributed by atoms with Gasteiger partial charge in [-0.2, -0.15) is 0 Å². The summed E-state index contributed by atoms with van der Waals surface area (Å²) in [5.41, 5.74) is 6.53. The summed E-state index contributed by atoms with van der Waals surface area (Å²) in [5.74, 6) is 0.0349. The van der Waals surface area contributed by atoms with Crippen LogP contribution in [0.4, 0.5) is 0 Å². The number of pyridine rings is 1. The Labute approximate surface area is 108 Å². The fraction of sp³-hybridized carbons (Fsp3) is 0.538. The molecule has 1 heterocycles. The van der Waals surface area contributed by atoms with E-state index < -0.39 is 0 Å². The largest absolute Gasteiger partial charge is 0.383 e. The van der Waals surface area contributed by atoms with Crippen LogP contribution in [0.5, 0.6) is 0 Å². The molecule has 0 aliphatic rings. The van der Waals surface area contributed by atoms with Gasteiger partial charge in [-0.05, 0) is 19.1 Å². The predicted octanol–water partition coefficient (Wildman–Crippen LogP) is 0.794. The topological polar surface area (TPSA) is 68.5 Å². The first kappa shape index (κ1) is 14.6. The van der Waals surface area contributed by atoms with Crippen molar-refractivity contribution in [2.75, 3.05) is 20.3 Å². The van der Waals surface area contributed by atoms with Crippen LogP contribution in [0.1, 0.15) is 19.0 Å². The van der Waals surface area contributed by atoms with E-state index in [1.165, 1.54) is 0 Å². The smallest absolute Gasteiger partial charge is 0.224 e. The highest BCUT2D eigenvalue weighted by molar-refractivity contribution is 5.76. The van der Waals surface area contributed by atoms with Crippen molar-refractivity contribution in [3.05, 3.63) is 30.1 Å². The maximum Gasteiger partial charge on any atom is 0.224 e. The highest BCUT2D eigenvalue weighted by Gasteiger charge is 2.15. The lowest BCUT2D eigenvalue weighted by Gasteiger charge is -2.23. The van der Waals surface area contributed by atoms with E-state index >= 15 is 0 Å². The van der Waals surface area contributed by atoms with Gasteiger partial charge < -0.3 is 15.4 Å². The van der Waals surface area contributed by atoms with Gasteiger partial charge in [-0.1, -0.05) is 6.07 Å². The van der Waals surface area contributed by atoms with Crippen molar-refractivity contribution < 1.29 is 9.53 Å². The number of rotatable bonds is 7. The zero-order valence-electron chi connectivity index (χ0n) is 11.0. The summed E-state index contributed by atoms with van der Waals surface area (Å²) in [6, 6.07) is 5.53. The minimum Gasteiger partial charge on any atom is -0.383 e. The van der Waals surface area contributed by atoms with Crippen LogP contribution in [0, 0.1) is 0 Å². The Balaban J connectivity index is 2.63. The van der Waals surface area contributed by atoms with Crippen LogP contribution < -0.4 is 5.73 Å². The Morgan fingerprint density at radius 3 is 2.89 bits per heavy atom. The Kier molecular flexibility index (Phi) is 6.32. The van der Waals surface area contributed by atoms with E-state index in [1.807, 2.05) is 25.1 Å². The van der Waals surface area contributed by atoms with Crippen molar-refractivity contribution in [3.63, 3.8) is 0 Å². The first-order chi connectivity index (χ1) is 8.63. The van der Waals surface area contributed by atoms with Crippen molar-refractivity contribution in [2.45, 2.75) is 25.9 Å². The van der Waals surface area contributed by atoms with Crippen LogP contribution >= 0.6 is 0 Å². The van der Waals surface area contributed by atoms with Crippen LogP contribution in [-0.4, -0.2) is 42.1 Å².